The minimum absolute atomic E-state index is 0.0659. The lowest BCUT2D eigenvalue weighted by Gasteiger charge is -2.18. The van der Waals surface area contributed by atoms with Gasteiger partial charge >= 0.3 is 0 Å². The zero-order valence-corrected chi connectivity index (χ0v) is 13.0. The number of anilines is 1. The van der Waals surface area contributed by atoms with Crippen LogP contribution in [0.5, 0.6) is 0 Å². The molecule has 4 heteroatoms. The fraction of sp³-hybridized carbons (Fsp3) is 0.444. The third kappa shape index (κ3) is 3.14. The van der Waals surface area contributed by atoms with Crippen molar-refractivity contribution in [1.82, 2.24) is 4.98 Å². The van der Waals surface area contributed by atoms with Gasteiger partial charge in [0.2, 0.25) is 5.88 Å². The molecule has 4 nitrogen and oxygen atoms in total. The van der Waals surface area contributed by atoms with Crippen LogP contribution in [0.4, 0.5) is 5.88 Å². The number of rotatable bonds is 5. The highest BCUT2D eigenvalue weighted by atomic mass is 16.4. The Morgan fingerprint density at radius 1 is 1.32 bits per heavy atom. The molecule has 0 unspecified atom stereocenters. The van der Waals surface area contributed by atoms with Crippen LogP contribution in [0.15, 0.2) is 34.7 Å². The van der Waals surface area contributed by atoms with Gasteiger partial charge in [0.05, 0.1) is 6.07 Å². The van der Waals surface area contributed by atoms with Crippen molar-refractivity contribution < 1.29 is 4.42 Å². The number of nitriles is 1. The normalized spacial score (nSPS) is 17.6. The molecule has 3 rings (SSSR count). The van der Waals surface area contributed by atoms with Crippen molar-refractivity contribution in [3.8, 4) is 6.07 Å². The number of oxazole rings is 1. The molecule has 0 saturated carbocycles. The largest absolute Gasteiger partial charge is 0.425 e. The molecule has 0 N–H and O–H groups in total. The molecule has 1 fully saturated rings. The van der Waals surface area contributed by atoms with Gasteiger partial charge < -0.3 is 9.32 Å². The van der Waals surface area contributed by atoms with Crippen LogP contribution in [0.3, 0.4) is 0 Å². The molecule has 114 valence electrons. The van der Waals surface area contributed by atoms with E-state index in [0.29, 0.717) is 0 Å². The summed E-state index contributed by atoms with van der Waals surface area (Å²) in [5.41, 5.74) is 2.24. The summed E-state index contributed by atoms with van der Waals surface area (Å²) in [6.45, 7) is 2.85. The van der Waals surface area contributed by atoms with E-state index in [-0.39, 0.29) is 6.04 Å². The van der Waals surface area contributed by atoms with E-state index < -0.39 is 0 Å². The van der Waals surface area contributed by atoms with Gasteiger partial charge in [0.25, 0.3) is 0 Å². The van der Waals surface area contributed by atoms with E-state index in [1.165, 1.54) is 5.56 Å². The van der Waals surface area contributed by atoms with Gasteiger partial charge in [-0.15, -0.1) is 0 Å². The Morgan fingerprint density at radius 3 is 2.91 bits per heavy atom. The minimum Gasteiger partial charge on any atom is -0.425 e. The van der Waals surface area contributed by atoms with Crippen molar-refractivity contribution in [2.45, 2.75) is 45.1 Å². The first-order valence-corrected chi connectivity index (χ1v) is 7.94. The van der Waals surface area contributed by atoms with Crippen LogP contribution in [0.25, 0.3) is 0 Å². The van der Waals surface area contributed by atoms with Crippen LogP contribution in [0.2, 0.25) is 0 Å². The highest BCUT2D eigenvalue weighted by Gasteiger charge is 2.28. The summed E-state index contributed by atoms with van der Waals surface area (Å²) < 4.78 is 5.93. The molecule has 1 atom stereocenters. The Labute approximate surface area is 131 Å². The summed E-state index contributed by atoms with van der Waals surface area (Å²) in [6, 6.07) is 12.8. The van der Waals surface area contributed by atoms with E-state index in [1.807, 2.05) is 13.0 Å². The zero-order valence-electron chi connectivity index (χ0n) is 13.0. The zero-order chi connectivity index (χ0) is 15.4. The fourth-order valence-electron chi connectivity index (χ4n) is 3.05. The van der Waals surface area contributed by atoms with E-state index >= 15 is 0 Å². The Hall–Kier alpha value is -2.28. The number of benzene rings is 1. The van der Waals surface area contributed by atoms with E-state index in [2.05, 4.69) is 40.2 Å². The molecule has 22 heavy (non-hydrogen) atoms. The Morgan fingerprint density at radius 2 is 2.14 bits per heavy atom. The van der Waals surface area contributed by atoms with Crippen LogP contribution in [-0.2, 0) is 12.8 Å². The number of nitrogens with zero attached hydrogens (tertiary/aromatic N) is 3. The molecule has 2 aromatic rings. The van der Waals surface area contributed by atoms with Crippen LogP contribution < -0.4 is 4.90 Å². The molecular formula is C18H21N3O. The number of hydrogen-bond donors (Lipinski definition) is 0. The highest BCUT2D eigenvalue weighted by Crippen LogP contribution is 2.29. The van der Waals surface area contributed by atoms with E-state index in [4.69, 9.17) is 4.42 Å². The van der Waals surface area contributed by atoms with E-state index in [0.717, 1.165) is 56.1 Å². The average molecular weight is 295 g/mol. The Kier molecular flexibility index (Phi) is 4.43. The van der Waals surface area contributed by atoms with E-state index in [9.17, 15) is 5.26 Å². The molecule has 0 radical (unpaired) electrons. The second-order valence-electron chi connectivity index (χ2n) is 5.82. The van der Waals surface area contributed by atoms with Crippen LogP contribution in [0, 0.1) is 18.3 Å². The first-order chi connectivity index (χ1) is 10.8. The smallest absolute Gasteiger partial charge is 0.220 e. The lowest BCUT2D eigenvalue weighted by molar-refractivity contribution is 0.480. The number of aryl methyl sites for hydroxylation is 3. The van der Waals surface area contributed by atoms with Gasteiger partial charge in [-0.3, -0.25) is 0 Å². The SMILES string of the molecule is Cc1nc(CCCc2ccccc2)oc1N1CCC[C@@H]1C#N. The molecule has 1 aliphatic heterocycles. The highest BCUT2D eigenvalue weighted by molar-refractivity contribution is 5.44. The van der Waals surface area contributed by atoms with Crippen LogP contribution in [0.1, 0.15) is 36.4 Å². The third-order valence-electron chi connectivity index (χ3n) is 4.18. The predicted molar refractivity (Wildman–Crippen MR) is 85.7 cm³/mol. The van der Waals surface area contributed by atoms with Gasteiger partial charge in [-0.25, -0.2) is 4.98 Å². The minimum atomic E-state index is -0.0659. The van der Waals surface area contributed by atoms with Crippen molar-refractivity contribution in [1.29, 1.82) is 5.26 Å². The van der Waals surface area contributed by atoms with Gasteiger partial charge in [-0.1, -0.05) is 30.3 Å². The maximum atomic E-state index is 9.21. The van der Waals surface area contributed by atoms with Gasteiger partial charge in [0.15, 0.2) is 5.89 Å². The molecule has 2 heterocycles. The molecule has 0 bridgehead atoms. The summed E-state index contributed by atoms with van der Waals surface area (Å²) in [5, 5.41) is 9.21. The van der Waals surface area contributed by atoms with Gasteiger partial charge in [0, 0.05) is 13.0 Å². The Balaban J connectivity index is 1.62. The van der Waals surface area contributed by atoms with Gasteiger partial charge in [-0.2, -0.15) is 5.26 Å². The summed E-state index contributed by atoms with van der Waals surface area (Å²) in [4.78, 5) is 6.60. The number of hydrogen-bond acceptors (Lipinski definition) is 4. The van der Waals surface area contributed by atoms with Crippen molar-refractivity contribution in [3.63, 3.8) is 0 Å². The second-order valence-corrected chi connectivity index (χ2v) is 5.82. The van der Waals surface area contributed by atoms with Crippen molar-refractivity contribution in [2.24, 2.45) is 0 Å². The number of aromatic nitrogens is 1. The molecular weight excluding hydrogens is 274 g/mol. The molecule has 1 aromatic heterocycles. The Bertz CT molecular complexity index is 657. The quantitative estimate of drug-likeness (QED) is 0.845. The summed E-state index contributed by atoms with van der Waals surface area (Å²) in [5.74, 6) is 1.57. The van der Waals surface area contributed by atoms with Crippen molar-refractivity contribution >= 4 is 5.88 Å². The fourth-order valence-corrected chi connectivity index (χ4v) is 3.05. The van der Waals surface area contributed by atoms with Gasteiger partial charge in [0.1, 0.15) is 11.7 Å². The van der Waals surface area contributed by atoms with Crippen LogP contribution >= 0.6 is 0 Å². The molecule has 1 saturated heterocycles. The summed E-state index contributed by atoms with van der Waals surface area (Å²) >= 11 is 0. The monoisotopic (exact) mass is 295 g/mol. The first kappa shape index (κ1) is 14.6. The maximum Gasteiger partial charge on any atom is 0.220 e. The standard InChI is InChI=1S/C18H21N3O/c1-14-18(21-12-6-10-16(21)13-19)22-17(20-14)11-5-9-15-7-3-2-4-8-15/h2-4,7-8,16H,5-6,9-12H2,1H3/t16-/m1/s1. The van der Waals surface area contributed by atoms with E-state index in [1.54, 1.807) is 0 Å². The topological polar surface area (TPSA) is 53.1 Å². The van der Waals surface area contributed by atoms with Crippen molar-refractivity contribution in [2.75, 3.05) is 11.4 Å². The first-order valence-electron chi connectivity index (χ1n) is 7.94. The molecule has 1 aromatic carbocycles. The lowest BCUT2D eigenvalue weighted by atomic mass is 10.1. The summed E-state index contributed by atoms with van der Waals surface area (Å²) in [6.07, 6.45) is 4.84. The molecule has 1 aliphatic rings. The lowest BCUT2D eigenvalue weighted by Crippen LogP contribution is -2.27. The average Bonchev–Trinajstić information content (AvgIpc) is 3.14. The maximum absolute atomic E-state index is 9.21. The second kappa shape index (κ2) is 6.65. The molecule has 0 amide bonds. The van der Waals surface area contributed by atoms with Crippen molar-refractivity contribution in [3.05, 3.63) is 47.5 Å². The summed E-state index contributed by atoms with van der Waals surface area (Å²) in [7, 11) is 0. The van der Waals surface area contributed by atoms with Gasteiger partial charge in [-0.05, 0) is 38.2 Å². The molecule has 0 aliphatic carbocycles. The predicted octanol–water partition coefficient (Wildman–Crippen LogP) is 3.65. The third-order valence-corrected chi connectivity index (χ3v) is 4.18. The van der Waals surface area contributed by atoms with Crippen LogP contribution in [-0.4, -0.2) is 17.6 Å². The molecule has 0 spiro atoms.